The second-order valence-electron chi connectivity index (χ2n) is 9.71. The Morgan fingerprint density at radius 1 is 1.19 bits per heavy atom. The van der Waals surface area contributed by atoms with Gasteiger partial charge in [-0.3, -0.25) is 14.3 Å². The Kier molecular flexibility index (Phi) is 6.70. The van der Waals surface area contributed by atoms with Crippen LogP contribution in [0.3, 0.4) is 0 Å². The highest BCUT2D eigenvalue weighted by Crippen LogP contribution is 2.42. The van der Waals surface area contributed by atoms with Gasteiger partial charge in [0.05, 0.1) is 29.7 Å². The number of piperidine rings is 1. The van der Waals surface area contributed by atoms with E-state index in [-0.39, 0.29) is 30.6 Å². The van der Waals surface area contributed by atoms with E-state index in [2.05, 4.69) is 20.4 Å². The van der Waals surface area contributed by atoms with Gasteiger partial charge in [-0.15, -0.1) is 0 Å². The average Bonchev–Trinajstić information content (AvgIpc) is 3.51. The van der Waals surface area contributed by atoms with Crippen molar-refractivity contribution in [3.05, 3.63) is 54.0 Å². The van der Waals surface area contributed by atoms with E-state index >= 15 is 0 Å². The molecule has 2 fully saturated rings. The number of halogens is 1. The molecular formula is C27H28FN7O2. The largest absolute Gasteiger partial charge is 0.340 e. The number of anilines is 2. The number of carbonyl (C=O) groups excluding carboxylic acids is 2. The number of aromatic nitrogens is 4. The maximum absolute atomic E-state index is 14.1. The van der Waals surface area contributed by atoms with Crippen molar-refractivity contribution in [2.75, 3.05) is 18.4 Å². The predicted octanol–water partition coefficient (Wildman–Crippen LogP) is 4.54. The number of amides is 1. The minimum Gasteiger partial charge on any atom is -0.340 e. The van der Waals surface area contributed by atoms with Gasteiger partial charge in [-0.25, -0.2) is 14.4 Å². The number of hydrogen-bond acceptors (Lipinski definition) is 7. The first-order valence-corrected chi connectivity index (χ1v) is 12.5. The number of carbonyl (C=O) groups is 2. The predicted molar refractivity (Wildman–Crippen MR) is 135 cm³/mol. The second-order valence-corrected chi connectivity index (χ2v) is 9.71. The van der Waals surface area contributed by atoms with E-state index in [0.717, 1.165) is 35.3 Å². The van der Waals surface area contributed by atoms with Crippen LogP contribution in [0.25, 0.3) is 11.3 Å². The summed E-state index contributed by atoms with van der Waals surface area (Å²) in [5, 5.41) is 16.4. The molecule has 1 aliphatic carbocycles. The third-order valence-electron chi connectivity index (χ3n) is 6.97. The van der Waals surface area contributed by atoms with Crippen LogP contribution >= 0.6 is 0 Å². The quantitative estimate of drug-likeness (QED) is 0.450. The molecule has 1 amide bonds. The Bertz CT molecular complexity index is 1350. The minimum absolute atomic E-state index is 0.0570. The Hall–Kier alpha value is -4.13. The van der Waals surface area contributed by atoms with E-state index in [1.165, 1.54) is 0 Å². The number of ketones is 1. The van der Waals surface area contributed by atoms with Gasteiger partial charge in [0.25, 0.3) is 5.91 Å². The molecular weight excluding hydrogens is 473 g/mol. The smallest absolute Gasteiger partial charge is 0.260 e. The molecule has 1 saturated heterocycles. The lowest BCUT2D eigenvalue weighted by Gasteiger charge is -2.32. The number of nitriles is 1. The summed E-state index contributed by atoms with van der Waals surface area (Å²) < 4.78 is 16.0. The monoisotopic (exact) mass is 501 g/mol. The number of Topliss-reactive ketones (excluding diaryl/α,β-unsaturated/α-hetero) is 1. The summed E-state index contributed by atoms with van der Waals surface area (Å²) in [6, 6.07) is 9.34. The highest BCUT2D eigenvalue weighted by Gasteiger charge is 2.53. The van der Waals surface area contributed by atoms with E-state index in [1.54, 1.807) is 29.4 Å². The van der Waals surface area contributed by atoms with Gasteiger partial charge in [-0.2, -0.15) is 10.4 Å². The van der Waals surface area contributed by atoms with Crippen LogP contribution in [0.15, 0.2) is 42.9 Å². The van der Waals surface area contributed by atoms with E-state index in [9.17, 15) is 14.0 Å². The molecule has 1 N–H and O–H groups in total. The summed E-state index contributed by atoms with van der Waals surface area (Å²) in [5.41, 5.74) is 2.21. The molecule has 9 nitrogen and oxygen atoms in total. The number of nitrogens with one attached hydrogen (secondary N) is 1. The molecule has 10 heteroatoms. The van der Waals surface area contributed by atoms with Crippen LogP contribution in [0.5, 0.6) is 0 Å². The summed E-state index contributed by atoms with van der Waals surface area (Å²) in [7, 11) is 0. The fourth-order valence-electron chi connectivity index (χ4n) is 4.59. The van der Waals surface area contributed by atoms with Crippen LogP contribution in [0.4, 0.5) is 16.0 Å². The number of likely N-dealkylation sites (tertiary alicyclic amines) is 1. The normalized spacial score (nSPS) is 16.7. The first-order chi connectivity index (χ1) is 17.9. The van der Waals surface area contributed by atoms with Crippen LogP contribution in [-0.2, 0) is 4.79 Å². The van der Waals surface area contributed by atoms with E-state index in [1.807, 2.05) is 36.0 Å². The van der Waals surface area contributed by atoms with Gasteiger partial charge < -0.3 is 10.2 Å². The Morgan fingerprint density at radius 3 is 2.59 bits per heavy atom. The number of rotatable bonds is 8. The maximum Gasteiger partial charge on any atom is 0.260 e. The van der Waals surface area contributed by atoms with Crippen LogP contribution in [0, 0.1) is 18.3 Å². The number of alkyl halides is 1. The molecule has 5 rings (SSSR count). The number of benzene rings is 1. The maximum atomic E-state index is 14.1. The van der Waals surface area contributed by atoms with Crippen molar-refractivity contribution >= 4 is 23.3 Å². The minimum atomic E-state index is -1.61. The van der Waals surface area contributed by atoms with E-state index in [0.29, 0.717) is 37.4 Å². The lowest BCUT2D eigenvalue weighted by atomic mass is 10.0. The summed E-state index contributed by atoms with van der Waals surface area (Å²) in [6.07, 6.45) is 7.90. The molecule has 1 saturated carbocycles. The molecule has 3 aromatic rings. The number of aryl methyl sites for hydroxylation is 1. The van der Waals surface area contributed by atoms with Gasteiger partial charge in [0.15, 0.2) is 11.5 Å². The Labute approximate surface area is 214 Å². The summed E-state index contributed by atoms with van der Waals surface area (Å²) >= 11 is 0. The zero-order valence-electron chi connectivity index (χ0n) is 20.7. The van der Waals surface area contributed by atoms with Crippen molar-refractivity contribution in [2.24, 2.45) is 0 Å². The standard InChI is InChI=1S/C27H28FN7O2/c1-18-15-30-26(33-24(18)20-6-4-19(5-7-20)23(36)3-2-12-29)32-21-16-31-35(17-21)22-8-13-34(14-9-22)25(37)27(28)10-11-27/h4-7,15-17,22H,2-3,8-11,13-14H2,1H3,(H,30,32,33). The SMILES string of the molecule is Cc1cnc(Nc2cnn(C3CCN(C(=O)C4(F)CC4)CC3)c2)nc1-c1ccc(C(=O)CCC#N)cc1. The zero-order chi connectivity index (χ0) is 26.0. The van der Waals surface area contributed by atoms with Gasteiger partial charge in [0.2, 0.25) is 5.95 Å². The molecule has 0 spiro atoms. The van der Waals surface area contributed by atoms with Crippen molar-refractivity contribution < 1.29 is 14.0 Å². The topological polar surface area (TPSA) is 117 Å². The zero-order valence-corrected chi connectivity index (χ0v) is 20.7. The van der Waals surface area contributed by atoms with Crippen LogP contribution < -0.4 is 5.32 Å². The van der Waals surface area contributed by atoms with Crippen molar-refractivity contribution in [1.82, 2.24) is 24.6 Å². The molecule has 0 unspecified atom stereocenters. The molecule has 0 atom stereocenters. The third-order valence-corrected chi connectivity index (χ3v) is 6.97. The van der Waals surface area contributed by atoms with Crippen molar-refractivity contribution in [1.29, 1.82) is 5.26 Å². The molecule has 2 aliphatic rings. The van der Waals surface area contributed by atoms with Crippen molar-refractivity contribution in [3.63, 3.8) is 0 Å². The first-order valence-electron chi connectivity index (χ1n) is 12.5. The molecule has 2 aromatic heterocycles. The highest BCUT2D eigenvalue weighted by atomic mass is 19.1. The molecule has 37 heavy (non-hydrogen) atoms. The molecule has 1 aromatic carbocycles. The number of nitrogens with zero attached hydrogens (tertiary/aromatic N) is 6. The van der Waals surface area contributed by atoms with E-state index < -0.39 is 5.67 Å². The third kappa shape index (κ3) is 5.35. The van der Waals surface area contributed by atoms with Crippen LogP contribution in [0.1, 0.15) is 60.5 Å². The lowest BCUT2D eigenvalue weighted by molar-refractivity contribution is -0.139. The molecule has 1 aliphatic heterocycles. The van der Waals surface area contributed by atoms with Gasteiger partial charge >= 0.3 is 0 Å². The highest BCUT2D eigenvalue weighted by molar-refractivity contribution is 5.96. The fourth-order valence-corrected chi connectivity index (χ4v) is 4.59. The summed E-state index contributed by atoms with van der Waals surface area (Å²) in [4.78, 5) is 35.1. The van der Waals surface area contributed by atoms with Gasteiger partial charge in [0.1, 0.15) is 0 Å². The van der Waals surface area contributed by atoms with Gasteiger partial charge in [-0.1, -0.05) is 24.3 Å². The average molecular weight is 502 g/mol. The molecule has 0 radical (unpaired) electrons. The summed E-state index contributed by atoms with van der Waals surface area (Å²) in [5.74, 6) is 0.00661. The van der Waals surface area contributed by atoms with Crippen molar-refractivity contribution in [2.45, 2.75) is 57.2 Å². The van der Waals surface area contributed by atoms with Gasteiger partial charge in [0, 0.05) is 49.5 Å². The molecule has 3 heterocycles. The molecule has 0 bridgehead atoms. The molecule has 190 valence electrons. The summed E-state index contributed by atoms with van der Waals surface area (Å²) in [6.45, 7) is 2.99. The second kappa shape index (κ2) is 10.1. The van der Waals surface area contributed by atoms with E-state index in [4.69, 9.17) is 5.26 Å². The fraction of sp³-hybridized carbons (Fsp3) is 0.407. The van der Waals surface area contributed by atoms with Gasteiger partial charge in [-0.05, 0) is 38.2 Å². The van der Waals surface area contributed by atoms with Crippen molar-refractivity contribution in [3.8, 4) is 17.3 Å². The Balaban J connectivity index is 1.23. The lowest BCUT2D eigenvalue weighted by Crippen LogP contribution is -2.43. The van der Waals surface area contributed by atoms with Crippen LogP contribution in [-0.4, -0.2) is 55.1 Å². The number of hydrogen-bond donors (Lipinski definition) is 1. The van der Waals surface area contributed by atoms with Crippen LogP contribution in [0.2, 0.25) is 0 Å². The Morgan fingerprint density at radius 2 is 1.92 bits per heavy atom. The first kappa shape index (κ1) is 24.6.